The van der Waals surface area contributed by atoms with E-state index in [1.54, 1.807) is 14.0 Å². The highest BCUT2D eigenvalue weighted by Gasteiger charge is 2.28. The Hall–Kier alpha value is -0.650. The summed E-state index contributed by atoms with van der Waals surface area (Å²) in [5, 5.41) is 2.79. The highest BCUT2D eigenvalue weighted by molar-refractivity contribution is 5.80. The second-order valence-corrected chi connectivity index (χ2v) is 4.88. The van der Waals surface area contributed by atoms with E-state index >= 15 is 0 Å². The van der Waals surface area contributed by atoms with Crippen LogP contribution < -0.4 is 11.1 Å². The van der Waals surface area contributed by atoms with E-state index < -0.39 is 6.10 Å². The van der Waals surface area contributed by atoms with Gasteiger partial charge in [-0.1, -0.05) is 12.8 Å². The summed E-state index contributed by atoms with van der Waals surface area (Å²) < 4.78 is 10.7. The molecule has 0 saturated heterocycles. The second kappa shape index (κ2) is 8.45. The smallest absolute Gasteiger partial charge is 0.248 e. The molecule has 3 N–H and O–H groups in total. The Labute approximate surface area is 109 Å². The van der Waals surface area contributed by atoms with Crippen molar-refractivity contribution in [3.8, 4) is 0 Å². The molecule has 3 unspecified atom stereocenters. The monoisotopic (exact) mass is 258 g/mol. The van der Waals surface area contributed by atoms with Crippen LogP contribution in [0.2, 0.25) is 0 Å². The third-order valence-electron chi connectivity index (χ3n) is 3.50. The van der Waals surface area contributed by atoms with Crippen LogP contribution in [0.25, 0.3) is 0 Å². The molecular weight excluding hydrogens is 232 g/mol. The molecule has 0 bridgehead atoms. The number of methoxy groups -OCH3 is 1. The van der Waals surface area contributed by atoms with Crippen LogP contribution in [-0.2, 0) is 14.3 Å². The number of ether oxygens (including phenoxy) is 2. The van der Waals surface area contributed by atoms with Crippen LogP contribution in [0, 0.1) is 5.92 Å². The molecule has 3 atom stereocenters. The Morgan fingerprint density at radius 3 is 2.83 bits per heavy atom. The number of nitrogens with one attached hydrogen (secondary N) is 1. The first-order valence-corrected chi connectivity index (χ1v) is 6.81. The molecule has 106 valence electrons. The van der Waals surface area contributed by atoms with Gasteiger partial charge in [-0.3, -0.25) is 4.79 Å². The lowest BCUT2D eigenvalue weighted by Gasteiger charge is -2.32. The highest BCUT2D eigenvalue weighted by atomic mass is 16.5. The quantitative estimate of drug-likeness (QED) is 0.658. The molecule has 0 aromatic rings. The van der Waals surface area contributed by atoms with Crippen LogP contribution in [0.5, 0.6) is 0 Å². The van der Waals surface area contributed by atoms with Crippen LogP contribution in [0.4, 0.5) is 0 Å². The van der Waals surface area contributed by atoms with Gasteiger partial charge in [0.2, 0.25) is 5.91 Å². The SMILES string of the molecule is COCCNC(=O)C(C)OC1CCCCC1CN. The summed E-state index contributed by atoms with van der Waals surface area (Å²) in [5.74, 6) is 0.321. The van der Waals surface area contributed by atoms with Crippen molar-refractivity contribution in [1.82, 2.24) is 5.32 Å². The number of amides is 1. The Morgan fingerprint density at radius 1 is 1.44 bits per heavy atom. The lowest BCUT2D eigenvalue weighted by atomic mass is 9.86. The van der Waals surface area contributed by atoms with Crippen LogP contribution in [-0.4, -0.2) is 44.9 Å². The summed E-state index contributed by atoms with van der Waals surface area (Å²) in [6.07, 6.45) is 4.22. The van der Waals surface area contributed by atoms with E-state index in [-0.39, 0.29) is 12.0 Å². The fraction of sp³-hybridized carbons (Fsp3) is 0.923. The molecule has 5 nitrogen and oxygen atoms in total. The third-order valence-corrected chi connectivity index (χ3v) is 3.50. The fourth-order valence-corrected chi connectivity index (χ4v) is 2.37. The highest BCUT2D eigenvalue weighted by Crippen LogP contribution is 2.26. The van der Waals surface area contributed by atoms with Gasteiger partial charge in [-0.05, 0) is 32.2 Å². The van der Waals surface area contributed by atoms with Gasteiger partial charge < -0.3 is 20.5 Å². The van der Waals surface area contributed by atoms with Crippen molar-refractivity contribution >= 4 is 5.91 Å². The third kappa shape index (κ3) is 4.92. The number of hydrogen-bond acceptors (Lipinski definition) is 4. The molecule has 1 saturated carbocycles. The van der Waals surface area contributed by atoms with Crippen LogP contribution in [0.3, 0.4) is 0 Å². The largest absolute Gasteiger partial charge is 0.383 e. The molecule has 0 spiro atoms. The Bertz CT molecular complexity index is 248. The zero-order valence-corrected chi connectivity index (χ0v) is 11.5. The van der Waals surface area contributed by atoms with E-state index in [1.807, 2.05) is 0 Å². The summed E-state index contributed by atoms with van der Waals surface area (Å²) in [7, 11) is 1.61. The zero-order chi connectivity index (χ0) is 13.4. The standard InChI is InChI=1S/C13H26N2O3/c1-10(13(16)15-7-8-17-2)18-12-6-4-3-5-11(12)9-14/h10-12H,3-9,14H2,1-2H3,(H,15,16). The lowest BCUT2D eigenvalue weighted by Crippen LogP contribution is -2.42. The molecule has 0 aromatic carbocycles. The van der Waals surface area contributed by atoms with Crippen molar-refractivity contribution in [3.05, 3.63) is 0 Å². The van der Waals surface area contributed by atoms with Gasteiger partial charge in [-0.15, -0.1) is 0 Å². The Balaban J connectivity index is 2.32. The van der Waals surface area contributed by atoms with Gasteiger partial charge in [0.1, 0.15) is 6.10 Å². The van der Waals surface area contributed by atoms with Crippen molar-refractivity contribution in [1.29, 1.82) is 0 Å². The van der Waals surface area contributed by atoms with Gasteiger partial charge in [0, 0.05) is 13.7 Å². The van der Waals surface area contributed by atoms with Crippen LogP contribution in [0.1, 0.15) is 32.6 Å². The molecule has 1 rings (SSSR count). The topological polar surface area (TPSA) is 73.6 Å². The van der Waals surface area contributed by atoms with Crippen molar-refractivity contribution < 1.29 is 14.3 Å². The number of nitrogens with two attached hydrogens (primary N) is 1. The van der Waals surface area contributed by atoms with Crippen molar-refractivity contribution in [2.75, 3.05) is 26.8 Å². The predicted molar refractivity (Wildman–Crippen MR) is 70.2 cm³/mol. The van der Waals surface area contributed by atoms with E-state index in [1.165, 1.54) is 12.8 Å². The lowest BCUT2D eigenvalue weighted by molar-refractivity contribution is -0.139. The summed E-state index contributed by atoms with van der Waals surface area (Å²) in [4.78, 5) is 11.8. The second-order valence-electron chi connectivity index (χ2n) is 4.88. The van der Waals surface area contributed by atoms with Gasteiger partial charge in [-0.2, -0.15) is 0 Å². The maximum Gasteiger partial charge on any atom is 0.248 e. The minimum Gasteiger partial charge on any atom is -0.383 e. The molecule has 0 aromatic heterocycles. The molecule has 18 heavy (non-hydrogen) atoms. The first kappa shape index (κ1) is 15.4. The fourth-order valence-electron chi connectivity index (χ4n) is 2.37. The minimum atomic E-state index is -0.418. The molecule has 5 heteroatoms. The summed E-state index contributed by atoms with van der Waals surface area (Å²) in [5.41, 5.74) is 5.75. The summed E-state index contributed by atoms with van der Waals surface area (Å²) in [6, 6.07) is 0. The molecule has 1 aliphatic carbocycles. The van der Waals surface area contributed by atoms with Crippen LogP contribution >= 0.6 is 0 Å². The molecule has 1 aliphatic rings. The summed E-state index contributed by atoms with van der Waals surface area (Å²) >= 11 is 0. The summed E-state index contributed by atoms with van der Waals surface area (Å²) in [6.45, 7) is 3.48. The van der Waals surface area contributed by atoms with Gasteiger partial charge in [0.15, 0.2) is 0 Å². The van der Waals surface area contributed by atoms with Crippen molar-refractivity contribution in [3.63, 3.8) is 0 Å². The molecule has 1 amide bonds. The Morgan fingerprint density at radius 2 is 2.17 bits per heavy atom. The molecular formula is C13H26N2O3. The average Bonchev–Trinajstić information content (AvgIpc) is 2.39. The number of rotatable bonds is 7. The van der Waals surface area contributed by atoms with E-state index in [4.69, 9.17) is 15.2 Å². The molecule has 0 radical (unpaired) electrons. The number of hydrogen-bond donors (Lipinski definition) is 2. The number of carbonyl (C=O) groups is 1. The maximum atomic E-state index is 11.8. The van der Waals surface area contributed by atoms with Gasteiger partial charge in [0.25, 0.3) is 0 Å². The van der Waals surface area contributed by atoms with Gasteiger partial charge in [0.05, 0.1) is 12.7 Å². The van der Waals surface area contributed by atoms with Crippen molar-refractivity contribution in [2.45, 2.75) is 44.8 Å². The number of carbonyl (C=O) groups excluding carboxylic acids is 1. The van der Waals surface area contributed by atoms with Gasteiger partial charge in [-0.25, -0.2) is 0 Å². The van der Waals surface area contributed by atoms with Crippen molar-refractivity contribution in [2.24, 2.45) is 11.7 Å². The van der Waals surface area contributed by atoms with E-state index in [0.717, 1.165) is 12.8 Å². The maximum absolute atomic E-state index is 11.8. The van der Waals surface area contributed by atoms with E-state index in [0.29, 0.717) is 25.6 Å². The Kier molecular flexibility index (Phi) is 7.23. The molecule has 0 aliphatic heterocycles. The molecule has 0 heterocycles. The molecule has 1 fully saturated rings. The minimum absolute atomic E-state index is 0.0756. The van der Waals surface area contributed by atoms with Crippen LogP contribution in [0.15, 0.2) is 0 Å². The first-order chi connectivity index (χ1) is 8.69. The first-order valence-electron chi connectivity index (χ1n) is 6.81. The zero-order valence-electron chi connectivity index (χ0n) is 11.5. The normalized spacial score (nSPS) is 25.7. The van der Waals surface area contributed by atoms with E-state index in [2.05, 4.69) is 5.32 Å². The van der Waals surface area contributed by atoms with Gasteiger partial charge >= 0.3 is 0 Å². The van der Waals surface area contributed by atoms with E-state index in [9.17, 15) is 4.79 Å². The predicted octanol–water partition coefficient (Wildman–Crippen LogP) is 0.672. The average molecular weight is 258 g/mol.